The van der Waals surface area contributed by atoms with Crippen LogP contribution in [0.25, 0.3) is 0 Å². The van der Waals surface area contributed by atoms with Crippen LogP contribution in [0.2, 0.25) is 0 Å². The molecule has 1 amide bonds. The molecule has 15 heavy (non-hydrogen) atoms. The number of carbonyl (C=O) groups excluding carboxylic acids is 1. The average Bonchev–Trinajstić information content (AvgIpc) is 2.16. The van der Waals surface area contributed by atoms with E-state index in [1.165, 1.54) is 12.1 Å². The molecular formula is C10H10BrF2NO. The molecule has 0 fully saturated rings. The van der Waals surface area contributed by atoms with Gasteiger partial charge in [-0.2, -0.15) is 0 Å². The van der Waals surface area contributed by atoms with Crippen molar-refractivity contribution in [2.24, 2.45) is 0 Å². The lowest BCUT2D eigenvalue weighted by Gasteiger charge is -2.03. The number of hydrogen-bond donors (Lipinski definition) is 1. The Morgan fingerprint density at radius 3 is 2.40 bits per heavy atom. The molecule has 1 N–H and O–H groups in total. The molecule has 82 valence electrons. The first-order chi connectivity index (χ1) is 7.11. The Labute approximate surface area is 94.8 Å². The standard InChI is InChI=1S/C10H10BrF2NO/c11-6-10(15)14-2-1-7-3-8(12)5-9(13)4-7/h3-5H,1-2,6H2,(H,14,15). The molecule has 0 heterocycles. The monoisotopic (exact) mass is 277 g/mol. The maximum Gasteiger partial charge on any atom is 0.230 e. The van der Waals surface area contributed by atoms with Crippen molar-refractivity contribution >= 4 is 21.8 Å². The maximum atomic E-state index is 12.7. The Hall–Kier alpha value is -0.970. The molecule has 0 saturated heterocycles. The maximum absolute atomic E-state index is 12.7. The molecule has 5 heteroatoms. The predicted octanol–water partition coefficient (Wildman–Crippen LogP) is 2.02. The summed E-state index contributed by atoms with van der Waals surface area (Å²) in [5.41, 5.74) is 0.530. The lowest BCUT2D eigenvalue weighted by molar-refractivity contribution is -0.118. The third kappa shape index (κ3) is 4.38. The summed E-state index contributed by atoms with van der Waals surface area (Å²) in [6, 6.07) is 3.33. The topological polar surface area (TPSA) is 29.1 Å². The summed E-state index contributed by atoms with van der Waals surface area (Å²) in [4.78, 5) is 10.8. The zero-order chi connectivity index (χ0) is 11.3. The van der Waals surface area contributed by atoms with E-state index < -0.39 is 11.6 Å². The highest BCUT2D eigenvalue weighted by Crippen LogP contribution is 2.07. The second kappa shape index (κ2) is 5.80. The summed E-state index contributed by atoms with van der Waals surface area (Å²) in [6.45, 7) is 0.368. The summed E-state index contributed by atoms with van der Waals surface area (Å²) in [5, 5.41) is 2.82. The summed E-state index contributed by atoms with van der Waals surface area (Å²) in [7, 11) is 0. The van der Waals surface area contributed by atoms with Crippen LogP contribution in [0.4, 0.5) is 8.78 Å². The van der Waals surface area contributed by atoms with Gasteiger partial charge in [0.15, 0.2) is 0 Å². The summed E-state index contributed by atoms with van der Waals surface area (Å²) in [6.07, 6.45) is 0.410. The molecule has 1 aromatic carbocycles. The van der Waals surface area contributed by atoms with Crippen LogP contribution in [0.1, 0.15) is 5.56 Å². The summed E-state index contributed by atoms with van der Waals surface area (Å²) in [5.74, 6) is -1.35. The number of amides is 1. The molecule has 1 aromatic rings. The molecule has 0 unspecified atom stereocenters. The van der Waals surface area contributed by atoms with Crippen LogP contribution in [-0.4, -0.2) is 17.8 Å². The van der Waals surface area contributed by atoms with E-state index in [2.05, 4.69) is 21.2 Å². The molecule has 1 rings (SSSR count). The lowest BCUT2D eigenvalue weighted by atomic mass is 10.1. The largest absolute Gasteiger partial charge is 0.355 e. The van der Waals surface area contributed by atoms with Gasteiger partial charge >= 0.3 is 0 Å². The highest BCUT2D eigenvalue weighted by molar-refractivity contribution is 9.09. The van der Waals surface area contributed by atoms with Crippen LogP contribution in [0, 0.1) is 11.6 Å². The zero-order valence-electron chi connectivity index (χ0n) is 7.90. The molecule has 2 nitrogen and oxygen atoms in total. The normalized spacial score (nSPS) is 10.1. The minimum absolute atomic E-state index is 0.146. The quantitative estimate of drug-likeness (QED) is 0.839. The van der Waals surface area contributed by atoms with E-state index in [4.69, 9.17) is 0 Å². The molecule has 0 aromatic heterocycles. The van der Waals surface area contributed by atoms with Gasteiger partial charge in [0.1, 0.15) is 11.6 Å². The Bertz CT molecular complexity index is 337. The van der Waals surface area contributed by atoms with Crippen LogP contribution in [0.5, 0.6) is 0 Å². The van der Waals surface area contributed by atoms with E-state index >= 15 is 0 Å². The van der Waals surface area contributed by atoms with Crippen molar-refractivity contribution in [2.45, 2.75) is 6.42 Å². The minimum atomic E-state index is -0.600. The molecule has 0 bridgehead atoms. The average molecular weight is 278 g/mol. The third-order valence-corrected chi connectivity index (χ3v) is 2.29. The van der Waals surface area contributed by atoms with Gasteiger partial charge < -0.3 is 5.32 Å². The van der Waals surface area contributed by atoms with Crippen LogP contribution >= 0.6 is 15.9 Å². The van der Waals surface area contributed by atoms with Crippen LogP contribution in [0.3, 0.4) is 0 Å². The number of halogens is 3. The van der Waals surface area contributed by atoms with Crippen LogP contribution < -0.4 is 5.32 Å². The molecule has 0 saturated carbocycles. The molecule has 0 aliphatic carbocycles. The van der Waals surface area contributed by atoms with Crippen LogP contribution in [0.15, 0.2) is 18.2 Å². The van der Waals surface area contributed by atoms with Gasteiger partial charge in [-0.3, -0.25) is 4.79 Å². The number of rotatable bonds is 4. The van der Waals surface area contributed by atoms with Gasteiger partial charge in [-0.05, 0) is 24.1 Å². The number of carbonyl (C=O) groups is 1. The number of hydrogen-bond acceptors (Lipinski definition) is 1. The first-order valence-corrected chi connectivity index (χ1v) is 5.51. The van der Waals surface area contributed by atoms with Gasteiger partial charge in [0.25, 0.3) is 0 Å². The lowest BCUT2D eigenvalue weighted by Crippen LogP contribution is -2.26. The third-order valence-electron chi connectivity index (χ3n) is 1.78. The SMILES string of the molecule is O=C(CBr)NCCc1cc(F)cc(F)c1. The van der Waals surface area contributed by atoms with Gasteiger partial charge in [0.2, 0.25) is 5.91 Å². The molecule has 0 aliphatic heterocycles. The fraction of sp³-hybridized carbons (Fsp3) is 0.300. The predicted molar refractivity (Wildman–Crippen MR) is 56.9 cm³/mol. The van der Waals surface area contributed by atoms with Gasteiger partial charge in [-0.15, -0.1) is 0 Å². The van der Waals surface area contributed by atoms with Crippen molar-refractivity contribution in [3.63, 3.8) is 0 Å². The zero-order valence-corrected chi connectivity index (χ0v) is 9.48. The fourth-order valence-electron chi connectivity index (χ4n) is 1.15. The molecule has 0 aliphatic rings. The Morgan fingerprint density at radius 2 is 1.87 bits per heavy atom. The van der Waals surface area contributed by atoms with Crippen molar-refractivity contribution in [2.75, 3.05) is 11.9 Å². The summed E-state index contributed by atoms with van der Waals surface area (Å²) < 4.78 is 25.5. The van der Waals surface area contributed by atoms with Gasteiger partial charge in [0, 0.05) is 12.6 Å². The van der Waals surface area contributed by atoms with E-state index in [1.54, 1.807) is 0 Å². The van der Waals surface area contributed by atoms with Gasteiger partial charge in [-0.25, -0.2) is 8.78 Å². The highest BCUT2D eigenvalue weighted by Gasteiger charge is 2.01. The first kappa shape index (κ1) is 12.1. The van der Waals surface area contributed by atoms with Crippen molar-refractivity contribution in [1.82, 2.24) is 5.32 Å². The van der Waals surface area contributed by atoms with Crippen LogP contribution in [-0.2, 0) is 11.2 Å². The first-order valence-electron chi connectivity index (χ1n) is 4.39. The Morgan fingerprint density at radius 1 is 1.27 bits per heavy atom. The highest BCUT2D eigenvalue weighted by atomic mass is 79.9. The minimum Gasteiger partial charge on any atom is -0.355 e. The van der Waals surface area contributed by atoms with E-state index in [0.717, 1.165) is 6.07 Å². The van der Waals surface area contributed by atoms with E-state index in [-0.39, 0.29) is 11.2 Å². The Balaban J connectivity index is 2.47. The number of nitrogens with one attached hydrogen (secondary N) is 1. The number of alkyl halides is 1. The van der Waals surface area contributed by atoms with Crippen molar-refractivity contribution in [3.05, 3.63) is 35.4 Å². The van der Waals surface area contributed by atoms with Gasteiger partial charge in [-0.1, -0.05) is 15.9 Å². The second-order valence-corrected chi connectivity index (χ2v) is 3.57. The van der Waals surface area contributed by atoms with E-state index in [0.29, 0.717) is 18.5 Å². The molecular weight excluding hydrogens is 268 g/mol. The van der Waals surface area contributed by atoms with Crippen molar-refractivity contribution in [1.29, 1.82) is 0 Å². The smallest absolute Gasteiger partial charge is 0.230 e. The molecule has 0 spiro atoms. The van der Waals surface area contributed by atoms with Gasteiger partial charge in [0.05, 0.1) is 5.33 Å². The van der Waals surface area contributed by atoms with E-state index in [1.807, 2.05) is 0 Å². The van der Waals surface area contributed by atoms with E-state index in [9.17, 15) is 13.6 Å². The van der Waals surface area contributed by atoms with Crippen molar-refractivity contribution < 1.29 is 13.6 Å². The number of benzene rings is 1. The summed E-state index contributed by atoms with van der Waals surface area (Å²) >= 11 is 2.99. The Kier molecular flexibility index (Phi) is 4.68. The molecule has 0 atom stereocenters. The van der Waals surface area contributed by atoms with Crippen molar-refractivity contribution in [3.8, 4) is 0 Å². The second-order valence-electron chi connectivity index (χ2n) is 3.01. The molecule has 0 radical (unpaired) electrons. The fourth-order valence-corrected chi connectivity index (χ4v) is 1.35.